The molecule has 0 aliphatic carbocycles. The summed E-state index contributed by atoms with van der Waals surface area (Å²) >= 11 is 3.16. The second-order valence-electron chi connectivity index (χ2n) is 5.67. The van der Waals surface area contributed by atoms with Crippen molar-refractivity contribution in [3.63, 3.8) is 0 Å². The number of anilines is 1. The minimum absolute atomic E-state index is 0.274. The van der Waals surface area contributed by atoms with Crippen molar-refractivity contribution in [3.05, 3.63) is 52.9 Å². The van der Waals surface area contributed by atoms with Gasteiger partial charge in [-0.25, -0.2) is 9.31 Å². The molecule has 0 radical (unpaired) electrons. The standard InChI is InChI=1S/C18H17N5O2S2/c1-25-14-6-3-2-5-13(14)20-17(24)19-9-8-12-11-27-18-21-16(22-23(12)18)15-7-4-10-26-15/h2-7,10-11H,8-9H2,1H3,(H2,19,20,24). The quantitative estimate of drug-likeness (QED) is 0.515. The number of thiazole rings is 1. The van der Waals surface area contributed by atoms with Crippen LogP contribution in [-0.2, 0) is 6.42 Å². The molecule has 0 bridgehead atoms. The molecule has 1 aromatic carbocycles. The summed E-state index contributed by atoms with van der Waals surface area (Å²) < 4.78 is 7.08. The molecule has 2 N–H and O–H groups in total. The third-order valence-corrected chi connectivity index (χ3v) is 5.64. The molecular formula is C18H17N5O2S2. The molecule has 0 aliphatic rings. The Labute approximate surface area is 163 Å². The summed E-state index contributed by atoms with van der Waals surface area (Å²) in [5, 5.41) is 14.3. The number of methoxy groups -OCH3 is 1. The van der Waals surface area contributed by atoms with Gasteiger partial charge in [0.15, 0.2) is 5.82 Å². The number of amides is 2. The summed E-state index contributed by atoms with van der Waals surface area (Å²) in [6.45, 7) is 0.487. The number of carbonyl (C=O) groups is 1. The fraction of sp³-hybridized carbons (Fsp3) is 0.167. The first kappa shape index (κ1) is 17.5. The number of benzene rings is 1. The smallest absolute Gasteiger partial charge is 0.319 e. The highest BCUT2D eigenvalue weighted by Gasteiger charge is 2.12. The van der Waals surface area contributed by atoms with Crippen LogP contribution in [0.1, 0.15) is 5.69 Å². The van der Waals surface area contributed by atoms with Gasteiger partial charge in [-0.05, 0) is 23.6 Å². The minimum atomic E-state index is -0.274. The van der Waals surface area contributed by atoms with Crippen LogP contribution in [0.2, 0.25) is 0 Å². The molecule has 0 atom stereocenters. The van der Waals surface area contributed by atoms with Gasteiger partial charge in [0, 0.05) is 18.3 Å². The topological polar surface area (TPSA) is 80.5 Å². The molecule has 4 rings (SSSR count). The average molecular weight is 400 g/mol. The van der Waals surface area contributed by atoms with Gasteiger partial charge in [0.25, 0.3) is 0 Å². The van der Waals surface area contributed by atoms with E-state index in [0.29, 0.717) is 24.4 Å². The molecule has 2 amide bonds. The van der Waals surface area contributed by atoms with Crippen molar-refractivity contribution in [2.75, 3.05) is 19.0 Å². The van der Waals surface area contributed by atoms with Crippen LogP contribution in [-0.4, -0.2) is 34.3 Å². The number of aromatic nitrogens is 3. The first-order chi connectivity index (χ1) is 13.2. The first-order valence-corrected chi connectivity index (χ1v) is 10.1. The Morgan fingerprint density at radius 3 is 2.93 bits per heavy atom. The summed E-state index contributed by atoms with van der Waals surface area (Å²) in [6, 6.07) is 11.0. The Bertz CT molecular complexity index is 1060. The lowest BCUT2D eigenvalue weighted by Gasteiger charge is -2.10. The SMILES string of the molecule is COc1ccccc1NC(=O)NCCc1csc2nc(-c3cccs3)nn12. The Hall–Kier alpha value is -2.91. The van der Waals surface area contributed by atoms with Crippen LogP contribution in [0, 0.1) is 0 Å². The maximum Gasteiger partial charge on any atom is 0.319 e. The highest BCUT2D eigenvalue weighted by molar-refractivity contribution is 7.15. The summed E-state index contributed by atoms with van der Waals surface area (Å²) in [5.74, 6) is 1.36. The highest BCUT2D eigenvalue weighted by Crippen LogP contribution is 2.25. The second kappa shape index (κ2) is 7.77. The largest absolute Gasteiger partial charge is 0.495 e. The molecule has 0 saturated carbocycles. The van der Waals surface area contributed by atoms with Crippen molar-refractivity contribution in [1.82, 2.24) is 19.9 Å². The second-order valence-corrected chi connectivity index (χ2v) is 7.45. The van der Waals surface area contributed by atoms with Crippen LogP contribution in [0.5, 0.6) is 5.75 Å². The van der Waals surface area contributed by atoms with Crippen molar-refractivity contribution < 1.29 is 9.53 Å². The molecule has 0 spiro atoms. The number of carbonyl (C=O) groups excluding carboxylic acids is 1. The van der Waals surface area contributed by atoms with E-state index >= 15 is 0 Å². The lowest BCUT2D eigenvalue weighted by molar-refractivity contribution is 0.252. The molecule has 0 unspecified atom stereocenters. The Morgan fingerprint density at radius 1 is 1.22 bits per heavy atom. The summed E-state index contributed by atoms with van der Waals surface area (Å²) in [4.78, 5) is 18.6. The van der Waals surface area contributed by atoms with Gasteiger partial charge < -0.3 is 15.4 Å². The normalized spacial score (nSPS) is 10.9. The number of hydrogen-bond donors (Lipinski definition) is 2. The Morgan fingerprint density at radius 2 is 2.11 bits per heavy atom. The number of ether oxygens (including phenoxy) is 1. The zero-order valence-corrected chi connectivity index (χ0v) is 16.1. The van der Waals surface area contributed by atoms with E-state index < -0.39 is 0 Å². The number of nitrogens with zero attached hydrogens (tertiary/aromatic N) is 3. The summed E-state index contributed by atoms with van der Waals surface area (Å²) in [6.07, 6.45) is 0.659. The van der Waals surface area contributed by atoms with Crippen LogP contribution in [0.4, 0.5) is 10.5 Å². The number of nitrogens with one attached hydrogen (secondary N) is 2. The molecule has 3 heterocycles. The predicted molar refractivity (Wildman–Crippen MR) is 108 cm³/mol. The first-order valence-electron chi connectivity index (χ1n) is 8.29. The van der Waals surface area contributed by atoms with Crippen LogP contribution in [0.3, 0.4) is 0 Å². The molecular weight excluding hydrogens is 382 g/mol. The lowest BCUT2D eigenvalue weighted by atomic mass is 10.3. The van der Waals surface area contributed by atoms with Gasteiger partial charge in [-0.3, -0.25) is 0 Å². The van der Waals surface area contributed by atoms with Gasteiger partial charge in [-0.2, -0.15) is 4.98 Å². The number of rotatable bonds is 6. The van der Waals surface area contributed by atoms with Gasteiger partial charge >= 0.3 is 6.03 Å². The van der Waals surface area contributed by atoms with Crippen molar-refractivity contribution in [2.24, 2.45) is 0 Å². The zero-order chi connectivity index (χ0) is 18.6. The molecule has 3 aromatic heterocycles. The number of thiophene rings is 1. The lowest BCUT2D eigenvalue weighted by Crippen LogP contribution is -2.30. The molecule has 27 heavy (non-hydrogen) atoms. The molecule has 4 aromatic rings. The van der Waals surface area contributed by atoms with E-state index in [2.05, 4.69) is 20.7 Å². The molecule has 9 heteroatoms. The zero-order valence-electron chi connectivity index (χ0n) is 14.5. The van der Waals surface area contributed by atoms with Crippen LogP contribution < -0.4 is 15.4 Å². The molecule has 0 saturated heterocycles. The fourth-order valence-corrected chi connectivity index (χ4v) is 4.13. The maximum absolute atomic E-state index is 12.1. The number of urea groups is 1. The van der Waals surface area contributed by atoms with Crippen LogP contribution >= 0.6 is 22.7 Å². The van der Waals surface area contributed by atoms with Crippen molar-refractivity contribution in [3.8, 4) is 16.5 Å². The third kappa shape index (κ3) is 3.79. The van der Waals surface area contributed by atoms with Gasteiger partial charge in [0.05, 0.1) is 23.4 Å². The van der Waals surface area contributed by atoms with E-state index in [4.69, 9.17) is 4.74 Å². The third-order valence-electron chi connectivity index (χ3n) is 3.91. The van der Waals surface area contributed by atoms with Gasteiger partial charge in [0.1, 0.15) is 5.75 Å². The van der Waals surface area contributed by atoms with Crippen molar-refractivity contribution in [1.29, 1.82) is 0 Å². The number of para-hydroxylation sites is 2. The van der Waals surface area contributed by atoms with Crippen LogP contribution in [0.15, 0.2) is 47.2 Å². The van der Waals surface area contributed by atoms with Crippen molar-refractivity contribution >= 4 is 39.4 Å². The van der Waals surface area contributed by atoms with Crippen LogP contribution in [0.25, 0.3) is 15.7 Å². The predicted octanol–water partition coefficient (Wildman–Crippen LogP) is 3.89. The monoisotopic (exact) mass is 399 g/mol. The molecule has 138 valence electrons. The van der Waals surface area contributed by atoms with Crippen molar-refractivity contribution in [2.45, 2.75) is 6.42 Å². The van der Waals surface area contributed by atoms with Gasteiger partial charge in [0.2, 0.25) is 4.96 Å². The average Bonchev–Trinajstić information content (AvgIpc) is 3.40. The Balaban J connectivity index is 1.37. The number of hydrogen-bond acceptors (Lipinski definition) is 6. The highest BCUT2D eigenvalue weighted by atomic mass is 32.1. The number of fused-ring (bicyclic) bond motifs is 1. The van der Waals surface area contributed by atoms with E-state index in [-0.39, 0.29) is 6.03 Å². The van der Waals surface area contributed by atoms with E-state index in [1.807, 2.05) is 39.5 Å². The summed E-state index contributed by atoms with van der Waals surface area (Å²) in [5.41, 5.74) is 1.65. The minimum Gasteiger partial charge on any atom is -0.495 e. The molecule has 0 fully saturated rings. The van der Waals surface area contributed by atoms with E-state index in [1.54, 1.807) is 41.9 Å². The van der Waals surface area contributed by atoms with Gasteiger partial charge in [-0.1, -0.05) is 18.2 Å². The fourth-order valence-electron chi connectivity index (χ4n) is 2.63. The van der Waals surface area contributed by atoms with E-state index in [0.717, 1.165) is 21.4 Å². The van der Waals surface area contributed by atoms with E-state index in [1.165, 1.54) is 0 Å². The van der Waals surface area contributed by atoms with E-state index in [9.17, 15) is 4.79 Å². The summed E-state index contributed by atoms with van der Waals surface area (Å²) in [7, 11) is 1.57. The molecule has 7 nitrogen and oxygen atoms in total. The Kier molecular flexibility index (Phi) is 5.03. The maximum atomic E-state index is 12.1. The van der Waals surface area contributed by atoms with Gasteiger partial charge in [-0.15, -0.1) is 27.8 Å². The molecule has 0 aliphatic heterocycles.